The quantitative estimate of drug-likeness (QED) is 0.828. The van der Waals surface area contributed by atoms with Gasteiger partial charge in [-0.25, -0.2) is 0 Å². The SMILES string of the molecule is COc1cc(C)ccc1OCC(=O)Nc1cccc(C(=O)N2CCCCC2)c1. The molecule has 28 heavy (non-hydrogen) atoms. The summed E-state index contributed by atoms with van der Waals surface area (Å²) in [6.45, 7) is 3.39. The number of benzene rings is 2. The molecule has 1 N–H and O–H groups in total. The monoisotopic (exact) mass is 382 g/mol. The Morgan fingerprint density at radius 3 is 2.57 bits per heavy atom. The molecule has 0 aromatic heterocycles. The number of methoxy groups -OCH3 is 1. The standard InChI is InChI=1S/C22H26N2O4/c1-16-9-10-19(20(13-16)27-2)28-15-21(25)23-18-8-6-7-17(14-18)22(26)24-11-4-3-5-12-24/h6-10,13-14H,3-5,11-12,15H2,1-2H3,(H,23,25). The third-order valence-corrected chi connectivity index (χ3v) is 4.71. The van der Waals surface area contributed by atoms with Gasteiger partial charge in [0.2, 0.25) is 0 Å². The van der Waals surface area contributed by atoms with Gasteiger partial charge in [0.15, 0.2) is 18.1 Å². The Labute approximate surface area is 165 Å². The summed E-state index contributed by atoms with van der Waals surface area (Å²) >= 11 is 0. The molecule has 2 aromatic carbocycles. The number of rotatable bonds is 6. The Bertz CT molecular complexity index is 844. The van der Waals surface area contributed by atoms with Crippen LogP contribution in [0.3, 0.4) is 0 Å². The second-order valence-electron chi connectivity index (χ2n) is 6.92. The number of nitrogens with zero attached hydrogens (tertiary/aromatic N) is 1. The molecule has 0 saturated carbocycles. The smallest absolute Gasteiger partial charge is 0.262 e. The first kappa shape index (κ1) is 19.7. The summed E-state index contributed by atoms with van der Waals surface area (Å²) in [5, 5.41) is 2.78. The molecule has 2 aromatic rings. The van der Waals surface area contributed by atoms with E-state index >= 15 is 0 Å². The van der Waals surface area contributed by atoms with Crippen molar-refractivity contribution < 1.29 is 19.1 Å². The summed E-state index contributed by atoms with van der Waals surface area (Å²) in [4.78, 5) is 26.8. The number of carbonyl (C=O) groups excluding carboxylic acids is 2. The molecule has 0 radical (unpaired) electrons. The number of nitrogens with one attached hydrogen (secondary N) is 1. The maximum atomic E-state index is 12.6. The summed E-state index contributed by atoms with van der Waals surface area (Å²) in [7, 11) is 1.56. The lowest BCUT2D eigenvalue weighted by Crippen LogP contribution is -2.35. The summed E-state index contributed by atoms with van der Waals surface area (Å²) in [5.41, 5.74) is 2.21. The fraction of sp³-hybridized carbons (Fsp3) is 0.364. The molecule has 0 unspecified atom stereocenters. The molecule has 0 atom stereocenters. The highest BCUT2D eigenvalue weighted by Gasteiger charge is 2.18. The number of likely N-dealkylation sites (tertiary alicyclic amines) is 1. The Morgan fingerprint density at radius 1 is 1.04 bits per heavy atom. The lowest BCUT2D eigenvalue weighted by molar-refractivity contribution is -0.118. The Morgan fingerprint density at radius 2 is 1.82 bits per heavy atom. The third kappa shape index (κ3) is 5.03. The van der Waals surface area contributed by atoms with Crippen LogP contribution in [0.5, 0.6) is 11.5 Å². The van der Waals surface area contributed by atoms with Crippen LogP contribution in [0.15, 0.2) is 42.5 Å². The molecule has 6 nitrogen and oxygen atoms in total. The van der Waals surface area contributed by atoms with E-state index in [1.807, 2.05) is 24.0 Å². The van der Waals surface area contributed by atoms with Gasteiger partial charge in [-0.3, -0.25) is 9.59 Å². The van der Waals surface area contributed by atoms with Crippen molar-refractivity contribution in [1.82, 2.24) is 4.90 Å². The molecule has 6 heteroatoms. The van der Waals surface area contributed by atoms with Crippen molar-refractivity contribution in [2.45, 2.75) is 26.2 Å². The summed E-state index contributed by atoms with van der Waals surface area (Å²) in [5.74, 6) is 0.806. The molecule has 0 spiro atoms. The molecule has 1 heterocycles. The van der Waals surface area contributed by atoms with Gasteiger partial charge in [-0.15, -0.1) is 0 Å². The zero-order chi connectivity index (χ0) is 19.9. The average molecular weight is 382 g/mol. The highest BCUT2D eigenvalue weighted by atomic mass is 16.5. The highest BCUT2D eigenvalue weighted by Crippen LogP contribution is 2.27. The van der Waals surface area contributed by atoms with Crippen LogP contribution in [-0.2, 0) is 4.79 Å². The van der Waals surface area contributed by atoms with E-state index in [2.05, 4.69) is 5.32 Å². The van der Waals surface area contributed by atoms with E-state index in [1.54, 1.807) is 37.4 Å². The Kier molecular flexibility index (Phi) is 6.53. The number of hydrogen-bond donors (Lipinski definition) is 1. The maximum Gasteiger partial charge on any atom is 0.262 e. The molecule has 1 fully saturated rings. The van der Waals surface area contributed by atoms with Crippen LogP contribution in [0, 0.1) is 6.92 Å². The number of anilines is 1. The van der Waals surface area contributed by atoms with Crippen molar-refractivity contribution in [3.05, 3.63) is 53.6 Å². The summed E-state index contributed by atoms with van der Waals surface area (Å²) < 4.78 is 10.9. The molecule has 148 valence electrons. The van der Waals surface area contributed by atoms with Crippen LogP contribution in [-0.4, -0.2) is 43.5 Å². The van der Waals surface area contributed by atoms with Crippen LogP contribution in [0.1, 0.15) is 35.2 Å². The van der Waals surface area contributed by atoms with Gasteiger partial charge in [0.1, 0.15) is 0 Å². The van der Waals surface area contributed by atoms with E-state index in [0.29, 0.717) is 22.7 Å². The Hall–Kier alpha value is -3.02. The largest absolute Gasteiger partial charge is 0.493 e. The zero-order valence-electron chi connectivity index (χ0n) is 16.4. The minimum Gasteiger partial charge on any atom is -0.493 e. The van der Waals surface area contributed by atoms with Crippen molar-refractivity contribution in [3.63, 3.8) is 0 Å². The number of hydrogen-bond acceptors (Lipinski definition) is 4. The molecule has 3 rings (SSSR count). The van der Waals surface area contributed by atoms with Gasteiger partial charge in [-0.05, 0) is 62.1 Å². The van der Waals surface area contributed by atoms with Crippen LogP contribution in [0.2, 0.25) is 0 Å². The second kappa shape index (κ2) is 9.26. The summed E-state index contributed by atoms with van der Waals surface area (Å²) in [6, 6.07) is 12.5. The van der Waals surface area contributed by atoms with Crippen molar-refractivity contribution in [2.75, 3.05) is 32.1 Å². The normalized spacial score (nSPS) is 13.7. The van der Waals surface area contributed by atoms with Gasteiger partial charge in [0, 0.05) is 24.3 Å². The van der Waals surface area contributed by atoms with E-state index in [4.69, 9.17) is 9.47 Å². The first-order chi connectivity index (χ1) is 13.6. The molecule has 0 bridgehead atoms. The first-order valence-electron chi connectivity index (χ1n) is 9.53. The van der Waals surface area contributed by atoms with Crippen LogP contribution >= 0.6 is 0 Å². The maximum absolute atomic E-state index is 12.6. The fourth-order valence-electron chi connectivity index (χ4n) is 3.24. The average Bonchev–Trinajstić information content (AvgIpc) is 2.73. The molecular formula is C22H26N2O4. The zero-order valence-corrected chi connectivity index (χ0v) is 16.4. The predicted octanol–water partition coefficient (Wildman–Crippen LogP) is 3.65. The van der Waals surface area contributed by atoms with E-state index in [-0.39, 0.29) is 18.4 Å². The molecule has 2 amide bonds. The topological polar surface area (TPSA) is 67.9 Å². The molecule has 0 aliphatic carbocycles. The molecule has 1 aliphatic rings. The van der Waals surface area contributed by atoms with Crippen molar-refractivity contribution >= 4 is 17.5 Å². The van der Waals surface area contributed by atoms with Gasteiger partial charge in [-0.1, -0.05) is 12.1 Å². The number of piperidine rings is 1. The van der Waals surface area contributed by atoms with Crippen molar-refractivity contribution in [3.8, 4) is 11.5 Å². The molecular weight excluding hydrogens is 356 g/mol. The predicted molar refractivity (Wildman–Crippen MR) is 108 cm³/mol. The van der Waals surface area contributed by atoms with E-state index in [9.17, 15) is 9.59 Å². The summed E-state index contributed by atoms with van der Waals surface area (Å²) in [6.07, 6.45) is 3.26. The van der Waals surface area contributed by atoms with Gasteiger partial charge in [-0.2, -0.15) is 0 Å². The minimum absolute atomic E-state index is 0.0106. The number of ether oxygens (including phenoxy) is 2. The second-order valence-corrected chi connectivity index (χ2v) is 6.92. The molecule has 1 saturated heterocycles. The molecule has 1 aliphatic heterocycles. The van der Waals surface area contributed by atoms with Crippen molar-refractivity contribution in [1.29, 1.82) is 0 Å². The van der Waals surface area contributed by atoms with E-state index in [1.165, 1.54) is 6.42 Å². The number of amides is 2. The van der Waals surface area contributed by atoms with Gasteiger partial charge in [0.25, 0.3) is 11.8 Å². The Balaban J connectivity index is 1.59. The van der Waals surface area contributed by atoms with Crippen LogP contribution in [0.25, 0.3) is 0 Å². The van der Waals surface area contributed by atoms with Crippen LogP contribution in [0.4, 0.5) is 5.69 Å². The van der Waals surface area contributed by atoms with Crippen LogP contribution < -0.4 is 14.8 Å². The minimum atomic E-state index is -0.301. The van der Waals surface area contributed by atoms with Crippen molar-refractivity contribution in [2.24, 2.45) is 0 Å². The van der Waals surface area contributed by atoms with Gasteiger partial charge in [0.05, 0.1) is 7.11 Å². The van der Waals surface area contributed by atoms with E-state index < -0.39 is 0 Å². The first-order valence-corrected chi connectivity index (χ1v) is 9.53. The number of carbonyl (C=O) groups is 2. The highest BCUT2D eigenvalue weighted by molar-refractivity contribution is 5.97. The lowest BCUT2D eigenvalue weighted by atomic mass is 10.1. The van der Waals surface area contributed by atoms with E-state index in [0.717, 1.165) is 31.5 Å². The van der Waals surface area contributed by atoms with Gasteiger partial charge < -0.3 is 19.7 Å². The third-order valence-electron chi connectivity index (χ3n) is 4.71. The lowest BCUT2D eigenvalue weighted by Gasteiger charge is -2.26. The number of aryl methyl sites for hydroxylation is 1. The van der Waals surface area contributed by atoms with Gasteiger partial charge >= 0.3 is 0 Å². The fourth-order valence-corrected chi connectivity index (χ4v) is 3.24.